The summed E-state index contributed by atoms with van der Waals surface area (Å²) in [6.45, 7) is 8.80. The van der Waals surface area contributed by atoms with Crippen LogP contribution in [0.1, 0.15) is 93.4 Å². The number of tetrazole rings is 1. The minimum absolute atomic E-state index is 0.00317. The molecule has 0 saturated heterocycles. The Balaban J connectivity index is 1.02. The Bertz CT molecular complexity index is 2680. The van der Waals surface area contributed by atoms with Crippen LogP contribution in [0.15, 0.2) is 151 Å². The highest BCUT2D eigenvalue weighted by Crippen LogP contribution is 2.44. The van der Waals surface area contributed by atoms with Crippen molar-refractivity contribution in [1.29, 1.82) is 0 Å². The van der Waals surface area contributed by atoms with Gasteiger partial charge in [-0.3, -0.25) is 14.6 Å². The van der Waals surface area contributed by atoms with Crippen LogP contribution < -0.4 is 10.6 Å². The van der Waals surface area contributed by atoms with E-state index in [1.165, 1.54) is 0 Å². The first kappa shape index (κ1) is 44.3. The summed E-state index contributed by atoms with van der Waals surface area (Å²) in [5.41, 5.74) is 3.91. The molecule has 1 aliphatic heterocycles. The number of alkyl carbamates (subject to hydrolysis) is 1. The van der Waals surface area contributed by atoms with Gasteiger partial charge in [0.15, 0.2) is 11.6 Å². The molecule has 0 bridgehead atoms. The van der Waals surface area contributed by atoms with E-state index >= 15 is 4.39 Å². The maximum absolute atomic E-state index is 16.6. The highest BCUT2D eigenvalue weighted by atomic mass is 19.1. The SMILES string of the molecule is CC(C)(CC(=O)NC1C=Cc2cc(C(F)C3CC=C(c4ccccc4-c4nnnn4C(c4ccccc4)(c4ccccc4)c4ccccc4)C(=O)C3)ccc2N=C1)NC(=O)OC(C)(C)C. The zero-order valence-electron chi connectivity index (χ0n) is 37.1. The van der Waals surface area contributed by atoms with E-state index in [4.69, 9.17) is 9.95 Å². The van der Waals surface area contributed by atoms with Crippen molar-refractivity contribution in [2.24, 2.45) is 10.9 Å². The van der Waals surface area contributed by atoms with Gasteiger partial charge < -0.3 is 15.4 Å². The molecule has 2 heterocycles. The summed E-state index contributed by atoms with van der Waals surface area (Å²) < 4.78 is 23.8. The zero-order chi connectivity index (χ0) is 45.8. The van der Waals surface area contributed by atoms with Gasteiger partial charge in [-0.05, 0) is 91.4 Å². The first-order valence-corrected chi connectivity index (χ1v) is 21.8. The van der Waals surface area contributed by atoms with Crippen molar-refractivity contribution in [2.45, 2.75) is 82.8 Å². The molecule has 12 heteroatoms. The average molecular weight is 870 g/mol. The van der Waals surface area contributed by atoms with Crippen LogP contribution in [0.3, 0.4) is 0 Å². The van der Waals surface area contributed by atoms with E-state index in [2.05, 4.69) is 62.3 Å². The van der Waals surface area contributed by atoms with E-state index in [0.29, 0.717) is 45.8 Å². The molecule has 0 spiro atoms. The molecule has 1 aromatic heterocycles. The van der Waals surface area contributed by atoms with E-state index in [1.807, 2.05) is 95.7 Å². The normalized spacial score (nSPS) is 16.8. The largest absolute Gasteiger partial charge is 0.444 e. The summed E-state index contributed by atoms with van der Waals surface area (Å²) in [7, 11) is 0. The maximum atomic E-state index is 16.6. The number of aliphatic imine (C=N–C) groups is 1. The minimum Gasteiger partial charge on any atom is -0.444 e. The molecule has 1 aliphatic carbocycles. The molecule has 8 rings (SSSR count). The topological polar surface area (TPSA) is 140 Å². The van der Waals surface area contributed by atoms with Crippen molar-refractivity contribution < 1.29 is 23.5 Å². The number of fused-ring (bicyclic) bond motifs is 1. The number of Topliss-reactive ketones (excluding diaryl/α,β-unsaturated/α-hetero) is 1. The Morgan fingerprint density at radius 1 is 0.815 bits per heavy atom. The van der Waals surface area contributed by atoms with Gasteiger partial charge in [-0.1, -0.05) is 140 Å². The third kappa shape index (κ3) is 9.62. The van der Waals surface area contributed by atoms with Crippen LogP contribution >= 0.6 is 0 Å². The molecule has 0 radical (unpaired) electrons. The van der Waals surface area contributed by atoms with E-state index in [0.717, 1.165) is 16.7 Å². The molecule has 3 unspecified atom stereocenters. The summed E-state index contributed by atoms with van der Waals surface area (Å²) in [6, 6.07) is 42.7. The number of allylic oxidation sites excluding steroid dienone is 2. The highest BCUT2D eigenvalue weighted by molar-refractivity contribution is 6.22. The lowest BCUT2D eigenvalue weighted by Gasteiger charge is -2.36. The van der Waals surface area contributed by atoms with Gasteiger partial charge in [-0.15, -0.1) is 5.10 Å². The van der Waals surface area contributed by atoms with Crippen LogP contribution in [0.25, 0.3) is 23.0 Å². The van der Waals surface area contributed by atoms with Crippen molar-refractivity contribution in [2.75, 3.05) is 0 Å². The Hall–Kier alpha value is -7.34. The molecule has 2 aliphatic rings. The van der Waals surface area contributed by atoms with Crippen LogP contribution in [-0.2, 0) is 19.9 Å². The second-order valence-corrected chi connectivity index (χ2v) is 18.1. The standard InChI is InChI=1S/C53H52FN7O4/c1-51(2,3)65-50(64)57-52(4,5)33-47(63)56-41-28-25-35-31-36(27-30-45(35)55-34-41)48(54)37-26-29-43(46(62)32-37)42-23-15-16-24-44(42)49-58-59-60-61(49)53(38-17-9-6-10-18-38,39-19-11-7-12-20-39)40-21-13-8-14-22-40/h6-25,27-31,34,37,41,48H,26,32-33H2,1-5H3,(H,56,63)(H,57,64). The molecule has 0 saturated carbocycles. The molecular weight excluding hydrogens is 818 g/mol. The number of carbonyl (C=O) groups excluding carboxylic acids is 3. The quantitative estimate of drug-likeness (QED) is 0.117. The number of nitrogens with zero attached hydrogens (tertiary/aromatic N) is 5. The number of ketones is 1. The molecule has 2 N–H and O–H groups in total. The van der Waals surface area contributed by atoms with Crippen molar-refractivity contribution >= 4 is 41.3 Å². The number of aromatic nitrogens is 4. The molecule has 3 atom stereocenters. The first-order valence-electron chi connectivity index (χ1n) is 21.8. The molecule has 0 fully saturated rings. The Labute approximate surface area is 378 Å². The summed E-state index contributed by atoms with van der Waals surface area (Å²) in [5.74, 6) is -0.583. The Morgan fingerprint density at radius 3 is 2.02 bits per heavy atom. The van der Waals surface area contributed by atoms with Gasteiger partial charge in [0, 0.05) is 47.2 Å². The smallest absolute Gasteiger partial charge is 0.408 e. The van der Waals surface area contributed by atoms with Gasteiger partial charge in [0.05, 0.1) is 11.7 Å². The van der Waals surface area contributed by atoms with Crippen molar-refractivity contribution in [3.63, 3.8) is 0 Å². The fourth-order valence-corrected chi connectivity index (χ4v) is 8.73. The third-order valence-corrected chi connectivity index (χ3v) is 11.6. The van der Waals surface area contributed by atoms with E-state index < -0.39 is 40.9 Å². The number of ether oxygens (including phenoxy) is 1. The van der Waals surface area contributed by atoms with Gasteiger partial charge in [0.25, 0.3) is 0 Å². The highest BCUT2D eigenvalue weighted by Gasteiger charge is 2.42. The second-order valence-electron chi connectivity index (χ2n) is 18.1. The van der Waals surface area contributed by atoms with Crippen molar-refractivity contribution in [3.8, 4) is 11.4 Å². The fourth-order valence-electron chi connectivity index (χ4n) is 8.73. The number of benzene rings is 5. The lowest BCUT2D eigenvalue weighted by molar-refractivity contribution is -0.122. The Morgan fingerprint density at radius 2 is 1.42 bits per heavy atom. The molecule has 65 heavy (non-hydrogen) atoms. The van der Waals surface area contributed by atoms with E-state index in [9.17, 15) is 14.4 Å². The average Bonchev–Trinajstić information content (AvgIpc) is 3.68. The molecule has 2 amide bonds. The number of alkyl halides is 1. The molecule has 11 nitrogen and oxygen atoms in total. The number of amides is 2. The van der Waals surface area contributed by atoms with Gasteiger partial charge in [0.1, 0.15) is 17.3 Å². The lowest BCUT2D eigenvalue weighted by atomic mass is 9.76. The van der Waals surface area contributed by atoms with Crippen molar-refractivity contribution in [3.05, 3.63) is 179 Å². The van der Waals surface area contributed by atoms with Crippen LogP contribution in [-0.4, -0.2) is 61.4 Å². The zero-order valence-corrected chi connectivity index (χ0v) is 37.1. The van der Waals surface area contributed by atoms with Crippen LogP contribution in [0, 0.1) is 5.92 Å². The minimum atomic E-state index is -1.43. The first-order chi connectivity index (χ1) is 31.2. The van der Waals surface area contributed by atoms with Crippen molar-refractivity contribution in [1.82, 2.24) is 30.8 Å². The summed E-state index contributed by atoms with van der Waals surface area (Å²) in [6.07, 6.45) is 5.38. The number of halogens is 1. The molecular formula is C53H52FN7O4. The number of rotatable bonds is 12. The third-order valence-electron chi connectivity index (χ3n) is 11.6. The predicted octanol–water partition coefficient (Wildman–Crippen LogP) is 10.2. The maximum Gasteiger partial charge on any atom is 0.408 e. The molecule has 330 valence electrons. The summed E-state index contributed by atoms with van der Waals surface area (Å²) in [4.78, 5) is 44.2. The number of nitrogens with one attached hydrogen (secondary N) is 2. The number of hydrogen-bond acceptors (Lipinski definition) is 8. The van der Waals surface area contributed by atoms with Gasteiger partial charge in [0.2, 0.25) is 5.91 Å². The lowest BCUT2D eigenvalue weighted by Crippen LogP contribution is -2.49. The predicted molar refractivity (Wildman–Crippen MR) is 251 cm³/mol. The summed E-state index contributed by atoms with van der Waals surface area (Å²) in [5, 5.41) is 19.3. The molecule has 6 aromatic rings. The fraction of sp³-hybridized carbons (Fsp3) is 0.264. The van der Waals surface area contributed by atoms with Crippen LogP contribution in [0.2, 0.25) is 0 Å². The van der Waals surface area contributed by atoms with E-state index in [-0.39, 0.29) is 24.5 Å². The van der Waals surface area contributed by atoms with Crippen LogP contribution in [0.5, 0.6) is 0 Å². The summed E-state index contributed by atoms with van der Waals surface area (Å²) >= 11 is 0. The van der Waals surface area contributed by atoms with Crippen LogP contribution in [0.4, 0.5) is 14.9 Å². The van der Waals surface area contributed by atoms with Gasteiger partial charge >= 0.3 is 6.09 Å². The van der Waals surface area contributed by atoms with Gasteiger partial charge in [-0.25, -0.2) is 13.9 Å². The second kappa shape index (κ2) is 18.4. The number of hydrogen-bond donors (Lipinski definition) is 2. The van der Waals surface area contributed by atoms with E-state index in [1.54, 1.807) is 65.1 Å². The molecule has 5 aromatic carbocycles. The van der Waals surface area contributed by atoms with Gasteiger partial charge in [-0.2, -0.15) is 0 Å². The Kier molecular flexibility index (Phi) is 12.5. The number of carbonyl (C=O) groups is 3. The monoisotopic (exact) mass is 869 g/mol.